The van der Waals surface area contributed by atoms with Crippen LogP contribution in [0.3, 0.4) is 0 Å². The molecule has 3 fully saturated rings. The summed E-state index contributed by atoms with van der Waals surface area (Å²) >= 11 is 0. The third kappa shape index (κ3) is 4.40. The molecule has 4 aliphatic rings. The largest absolute Gasteiger partial charge is 0.480 e. The van der Waals surface area contributed by atoms with Gasteiger partial charge >= 0.3 is 5.97 Å². The second kappa shape index (κ2) is 9.55. The van der Waals surface area contributed by atoms with Crippen molar-refractivity contribution in [3.05, 3.63) is 11.6 Å². The van der Waals surface area contributed by atoms with Crippen molar-refractivity contribution >= 4 is 23.5 Å². The van der Waals surface area contributed by atoms with Crippen LogP contribution >= 0.6 is 0 Å². The van der Waals surface area contributed by atoms with Crippen LogP contribution in [0, 0.1) is 40.9 Å². The number of fused-ring (bicyclic) bond motifs is 5. The Bertz CT molecular complexity index is 1050. The van der Waals surface area contributed by atoms with Gasteiger partial charge in [-0.1, -0.05) is 30.5 Å². The number of allylic oxidation sites excluding steroid dienone is 2. The molecule has 0 spiro atoms. The number of carboxylic acids is 1. The number of nitrogens with one attached hydrogen (secondary N) is 1. The van der Waals surface area contributed by atoms with Gasteiger partial charge in [0.2, 0.25) is 5.91 Å². The zero-order chi connectivity index (χ0) is 26.3. The lowest BCUT2D eigenvalue weighted by molar-refractivity contribution is -0.144. The van der Waals surface area contributed by atoms with Crippen LogP contribution in [0.4, 0.5) is 0 Å². The van der Waals surface area contributed by atoms with Crippen molar-refractivity contribution in [3.63, 3.8) is 0 Å². The number of aliphatic hydroxyl groups is 1. The molecule has 0 aromatic rings. The third-order valence-electron chi connectivity index (χ3n) is 9.78. The number of nitrogens with zero attached hydrogens (tertiary/aromatic N) is 1. The van der Waals surface area contributed by atoms with E-state index in [9.17, 15) is 19.5 Å². The number of rotatable bonds is 7. The van der Waals surface area contributed by atoms with Crippen molar-refractivity contribution in [3.8, 4) is 12.3 Å². The van der Waals surface area contributed by atoms with Gasteiger partial charge in [-0.05, 0) is 80.6 Å². The average Bonchev–Trinajstić information content (AvgIpc) is 3.09. The lowest BCUT2D eigenvalue weighted by Crippen LogP contribution is -2.54. The van der Waals surface area contributed by atoms with Crippen LogP contribution in [0.1, 0.15) is 71.6 Å². The van der Waals surface area contributed by atoms with Gasteiger partial charge in [0.15, 0.2) is 6.61 Å². The SMILES string of the molecule is C#C[C@@]1(O)CC[C@@H]2[C@@H]3CCC4=CC(=NOCC(=O)N[C@H](CC(N)=O)C(=O)O)CC[C@]4(C)[C@H]3CC[C@@]21C. The predicted octanol–water partition coefficient (Wildman–Crippen LogP) is 2.13. The van der Waals surface area contributed by atoms with Gasteiger partial charge in [0.25, 0.3) is 5.91 Å². The maximum absolute atomic E-state index is 12.0. The molecule has 0 heterocycles. The first-order valence-corrected chi connectivity index (χ1v) is 12.8. The van der Waals surface area contributed by atoms with Crippen LogP contribution in [0.25, 0.3) is 0 Å². The molecule has 9 nitrogen and oxygen atoms in total. The molecule has 0 aromatic carbocycles. The average molecular weight is 500 g/mol. The molecule has 196 valence electrons. The maximum Gasteiger partial charge on any atom is 0.326 e. The molecule has 0 radical (unpaired) electrons. The summed E-state index contributed by atoms with van der Waals surface area (Å²) in [6, 6.07) is -1.40. The Labute approximate surface area is 211 Å². The number of amides is 2. The number of aliphatic carboxylic acids is 1. The molecule has 2 amide bonds. The molecular formula is C27H37N3O6. The highest BCUT2D eigenvalue weighted by Crippen LogP contribution is 2.67. The van der Waals surface area contributed by atoms with Gasteiger partial charge in [0.05, 0.1) is 12.1 Å². The first-order chi connectivity index (χ1) is 16.9. The van der Waals surface area contributed by atoms with Gasteiger partial charge in [-0.15, -0.1) is 6.42 Å². The van der Waals surface area contributed by atoms with Gasteiger partial charge in [0.1, 0.15) is 11.6 Å². The van der Waals surface area contributed by atoms with Crippen molar-refractivity contribution in [1.29, 1.82) is 0 Å². The van der Waals surface area contributed by atoms with Crippen LogP contribution in [0.2, 0.25) is 0 Å². The Morgan fingerprint density at radius 3 is 2.61 bits per heavy atom. The van der Waals surface area contributed by atoms with Crippen molar-refractivity contribution < 1.29 is 29.4 Å². The van der Waals surface area contributed by atoms with Crippen LogP contribution in [-0.2, 0) is 19.2 Å². The van der Waals surface area contributed by atoms with Crippen molar-refractivity contribution in [2.75, 3.05) is 6.61 Å². The standard InChI is InChI=1S/C27H37N3O6/c1-4-27(35)12-9-20-18-6-5-16-13-17(7-10-25(16,2)19(18)8-11-26(20,27)3)30-36-15-23(32)29-21(24(33)34)14-22(28)31/h1,13,18-21,35H,5-12,14-15H2,2-3H3,(H2,28,31)(H,29,32)(H,33,34)/t18-,19+,20-,21-,25+,26+,27-/m1/s1. The normalized spacial score (nSPS) is 39.0. The number of carbonyl (C=O) groups excluding carboxylic acids is 2. The molecule has 0 aliphatic heterocycles. The van der Waals surface area contributed by atoms with Gasteiger partial charge in [-0.2, -0.15) is 0 Å². The van der Waals surface area contributed by atoms with Crippen LogP contribution in [-0.4, -0.2) is 52.0 Å². The highest BCUT2D eigenvalue weighted by molar-refractivity contribution is 5.96. The van der Waals surface area contributed by atoms with Crippen LogP contribution in [0.5, 0.6) is 0 Å². The lowest BCUT2D eigenvalue weighted by atomic mass is 9.46. The number of primary amides is 1. The number of carbonyl (C=O) groups is 3. The van der Waals surface area contributed by atoms with Gasteiger partial charge in [-0.25, -0.2) is 4.79 Å². The molecule has 5 N–H and O–H groups in total. The van der Waals surface area contributed by atoms with Crippen molar-refractivity contribution in [2.45, 2.75) is 83.3 Å². The summed E-state index contributed by atoms with van der Waals surface area (Å²) < 4.78 is 0. The first-order valence-electron chi connectivity index (χ1n) is 12.8. The highest BCUT2D eigenvalue weighted by atomic mass is 16.6. The summed E-state index contributed by atoms with van der Waals surface area (Å²) in [5.74, 6) is 1.42. The summed E-state index contributed by atoms with van der Waals surface area (Å²) in [4.78, 5) is 39.4. The van der Waals surface area contributed by atoms with E-state index in [1.54, 1.807) is 0 Å². The molecule has 3 saturated carbocycles. The van der Waals surface area contributed by atoms with E-state index < -0.39 is 42.5 Å². The van der Waals surface area contributed by atoms with Crippen LogP contribution in [0.15, 0.2) is 16.8 Å². The van der Waals surface area contributed by atoms with E-state index >= 15 is 0 Å². The molecule has 0 saturated heterocycles. The van der Waals surface area contributed by atoms with E-state index in [-0.39, 0.29) is 10.8 Å². The maximum atomic E-state index is 12.0. The van der Waals surface area contributed by atoms with E-state index in [0.29, 0.717) is 24.2 Å². The molecule has 4 aliphatic carbocycles. The smallest absolute Gasteiger partial charge is 0.326 e. The fourth-order valence-electron chi connectivity index (χ4n) is 7.71. The number of hydrogen-bond acceptors (Lipinski definition) is 6. The molecule has 4 rings (SSSR count). The number of terminal acetylenes is 1. The minimum atomic E-state index is -1.40. The Morgan fingerprint density at radius 1 is 1.22 bits per heavy atom. The molecule has 7 atom stereocenters. The van der Waals surface area contributed by atoms with Gasteiger partial charge in [-0.3, -0.25) is 9.59 Å². The lowest BCUT2D eigenvalue weighted by Gasteiger charge is -2.58. The first kappa shape index (κ1) is 26.2. The van der Waals surface area contributed by atoms with Gasteiger partial charge < -0.3 is 26.1 Å². The topological polar surface area (TPSA) is 151 Å². The molecule has 9 heteroatoms. The minimum Gasteiger partial charge on any atom is -0.480 e. The number of carboxylic acid groups (broad SMARTS) is 1. The molecule has 0 unspecified atom stereocenters. The summed E-state index contributed by atoms with van der Waals surface area (Å²) in [7, 11) is 0. The fourth-order valence-corrected chi connectivity index (χ4v) is 7.71. The van der Waals surface area contributed by atoms with E-state index in [4.69, 9.17) is 22.1 Å². The number of oxime groups is 1. The Kier molecular flexibility index (Phi) is 6.95. The molecular weight excluding hydrogens is 462 g/mol. The second-order valence-electron chi connectivity index (χ2n) is 11.5. The van der Waals surface area contributed by atoms with Gasteiger partial charge in [0, 0.05) is 5.41 Å². The number of nitrogens with two attached hydrogens (primary N) is 1. The van der Waals surface area contributed by atoms with E-state index in [1.165, 1.54) is 5.57 Å². The third-order valence-corrected chi connectivity index (χ3v) is 9.78. The second-order valence-corrected chi connectivity index (χ2v) is 11.5. The van der Waals surface area contributed by atoms with Crippen molar-refractivity contribution in [2.24, 2.45) is 39.5 Å². The zero-order valence-corrected chi connectivity index (χ0v) is 21.1. The minimum absolute atomic E-state index is 0.0704. The fraction of sp³-hybridized carbons (Fsp3) is 0.704. The van der Waals surface area contributed by atoms with E-state index in [1.807, 2.05) is 0 Å². The Morgan fingerprint density at radius 2 is 1.94 bits per heavy atom. The zero-order valence-electron chi connectivity index (χ0n) is 21.1. The molecule has 36 heavy (non-hydrogen) atoms. The summed E-state index contributed by atoms with van der Waals surface area (Å²) in [6.07, 6.45) is 14.7. The quantitative estimate of drug-likeness (QED) is 0.311. The predicted molar refractivity (Wildman–Crippen MR) is 132 cm³/mol. The Balaban J connectivity index is 1.40. The molecule has 0 bridgehead atoms. The monoisotopic (exact) mass is 499 g/mol. The number of hydrogen-bond donors (Lipinski definition) is 4. The van der Waals surface area contributed by atoms with E-state index in [2.05, 4.69) is 36.3 Å². The summed E-state index contributed by atoms with van der Waals surface area (Å²) in [5.41, 5.74) is 6.01. The summed E-state index contributed by atoms with van der Waals surface area (Å²) in [5, 5.41) is 26.6. The summed E-state index contributed by atoms with van der Waals surface area (Å²) in [6.45, 7) is 4.10. The van der Waals surface area contributed by atoms with E-state index in [0.717, 1.165) is 50.7 Å². The highest BCUT2D eigenvalue weighted by Gasteiger charge is 2.63. The Hall–Kier alpha value is -2.86. The van der Waals surface area contributed by atoms with Crippen LogP contribution < -0.4 is 11.1 Å². The van der Waals surface area contributed by atoms with Crippen molar-refractivity contribution in [1.82, 2.24) is 5.32 Å². The molecule has 0 aromatic heterocycles.